The fourth-order valence-corrected chi connectivity index (χ4v) is 3.96. The zero-order valence-corrected chi connectivity index (χ0v) is 13.9. The first-order chi connectivity index (χ1) is 12.0. The van der Waals surface area contributed by atoms with Crippen molar-refractivity contribution in [1.29, 1.82) is 5.26 Å². The van der Waals surface area contributed by atoms with Crippen LogP contribution in [0.15, 0.2) is 17.1 Å². The first-order valence-electron chi connectivity index (χ1n) is 8.20. The topological polar surface area (TPSA) is 104 Å². The van der Waals surface area contributed by atoms with Crippen LogP contribution in [0.5, 0.6) is 5.88 Å². The van der Waals surface area contributed by atoms with Crippen LogP contribution in [-0.4, -0.2) is 36.6 Å². The van der Waals surface area contributed by atoms with Crippen molar-refractivity contribution in [2.75, 3.05) is 6.54 Å². The molecular weight excluding hydrogens is 322 g/mol. The standard InChI is InChI=1S/C17H17N5O3/c1-3-14(23)20-8-11-5-13(20)15-16(24)22(17(25)21(11)15)10-4-9(2)12(6-18)19-7-10/h4,7,11,13,24H,3,5,8H2,1-2H3. The molecule has 0 aliphatic carbocycles. The second-order valence-electron chi connectivity index (χ2n) is 6.47. The molecular formula is C17H17N5O3. The zero-order valence-electron chi connectivity index (χ0n) is 13.9. The van der Waals surface area contributed by atoms with E-state index >= 15 is 0 Å². The lowest BCUT2D eigenvalue weighted by atomic mass is 10.2. The molecule has 4 heterocycles. The van der Waals surface area contributed by atoms with Crippen molar-refractivity contribution < 1.29 is 9.90 Å². The number of hydrogen-bond donors (Lipinski definition) is 1. The lowest BCUT2D eigenvalue weighted by molar-refractivity contribution is -0.132. The molecule has 0 radical (unpaired) electrons. The normalized spacial score (nSPS) is 20.6. The van der Waals surface area contributed by atoms with Crippen molar-refractivity contribution in [2.45, 2.75) is 38.8 Å². The van der Waals surface area contributed by atoms with Gasteiger partial charge in [-0.3, -0.25) is 9.36 Å². The SMILES string of the molecule is CCC(=O)N1CC2CC1c1c(O)n(-c3cnc(C#N)c(C)c3)c(=O)n12. The number of aromatic hydroxyl groups is 1. The lowest BCUT2D eigenvalue weighted by Gasteiger charge is -2.27. The minimum Gasteiger partial charge on any atom is -0.493 e. The number of amides is 1. The summed E-state index contributed by atoms with van der Waals surface area (Å²) in [5.41, 5.74) is 1.47. The Hall–Kier alpha value is -3.08. The highest BCUT2D eigenvalue weighted by Crippen LogP contribution is 2.48. The van der Waals surface area contributed by atoms with E-state index in [2.05, 4.69) is 4.98 Å². The van der Waals surface area contributed by atoms with Gasteiger partial charge in [-0.05, 0) is 25.0 Å². The number of likely N-dealkylation sites (tertiary alicyclic amines) is 1. The zero-order chi connectivity index (χ0) is 17.9. The van der Waals surface area contributed by atoms with Crippen LogP contribution in [0.1, 0.15) is 48.8 Å². The summed E-state index contributed by atoms with van der Waals surface area (Å²) in [6.07, 6.45) is 2.46. The third kappa shape index (κ3) is 1.95. The maximum absolute atomic E-state index is 12.9. The number of pyridine rings is 1. The summed E-state index contributed by atoms with van der Waals surface area (Å²) in [6.45, 7) is 4.03. The summed E-state index contributed by atoms with van der Waals surface area (Å²) in [6, 6.07) is 3.26. The van der Waals surface area contributed by atoms with Crippen LogP contribution in [0, 0.1) is 18.3 Å². The number of fused-ring (bicyclic) bond motifs is 5. The summed E-state index contributed by atoms with van der Waals surface area (Å²) < 4.78 is 2.79. The first kappa shape index (κ1) is 15.4. The molecule has 2 aromatic heterocycles. The molecule has 128 valence electrons. The van der Waals surface area contributed by atoms with Gasteiger partial charge in [0, 0.05) is 13.0 Å². The Bertz CT molecular complexity index is 997. The smallest absolute Gasteiger partial charge is 0.336 e. The molecule has 1 saturated heterocycles. The summed E-state index contributed by atoms with van der Waals surface area (Å²) in [5.74, 6) is -0.133. The van der Waals surface area contributed by atoms with E-state index in [4.69, 9.17) is 5.26 Å². The van der Waals surface area contributed by atoms with Gasteiger partial charge in [0.2, 0.25) is 11.8 Å². The molecule has 2 aromatic rings. The van der Waals surface area contributed by atoms with Gasteiger partial charge in [-0.1, -0.05) is 6.92 Å². The average Bonchev–Trinajstić information content (AvgIpc) is 3.26. The van der Waals surface area contributed by atoms with Gasteiger partial charge in [0.25, 0.3) is 0 Å². The molecule has 2 bridgehead atoms. The van der Waals surface area contributed by atoms with Gasteiger partial charge in [0.15, 0.2) is 0 Å². The largest absolute Gasteiger partial charge is 0.493 e. The molecule has 0 aromatic carbocycles. The number of nitrogens with zero attached hydrogens (tertiary/aromatic N) is 5. The molecule has 8 nitrogen and oxygen atoms in total. The fraction of sp³-hybridized carbons (Fsp3) is 0.412. The highest BCUT2D eigenvalue weighted by atomic mass is 16.3. The molecule has 0 spiro atoms. The molecule has 1 fully saturated rings. The van der Waals surface area contributed by atoms with Crippen molar-refractivity contribution in [3.8, 4) is 17.6 Å². The Kier molecular flexibility index (Phi) is 3.22. The third-order valence-electron chi connectivity index (χ3n) is 5.11. The number of aromatic nitrogens is 3. The van der Waals surface area contributed by atoms with Gasteiger partial charge in [-0.15, -0.1) is 0 Å². The average molecular weight is 339 g/mol. The molecule has 2 atom stereocenters. The molecule has 1 N–H and O–H groups in total. The van der Waals surface area contributed by atoms with E-state index in [1.165, 1.54) is 10.8 Å². The van der Waals surface area contributed by atoms with Crippen LogP contribution in [-0.2, 0) is 4.79 Å². The van der Waals surface area contributed by atoms with E-state index in [9.17, 15) is 14.7 Å². The third-order valence-corrected chi connectivity index (χ3v) is 5.11. The van der Waals surface area contributed by atoms with Gasteiger partial charge in [0.1, 0.15) is 17.5 Å². The minimum atomic E-state index is -0.338. The van der Waals surface area contributed by atoms with Crippen LogP contribution in [0.4, 0.5) is 0 Å². The fourth-order valence-electron chi connectivity index (χ4n) is 3.96. The molecule has 2 aliphatic heterocycles. The van der Waals surface area contributed by atoms with E-state index in [0.29, 0.717) is 36.3 Å². The Balaban J connectivity index is 1.85. The summed E-state index contributed by atoms with van der Waals surface area (Å²) in [5, 5.41) is 19.7. The molecule has 8 heteroatoms. The van der Waals surface area contributed by atoms with Crippen molar-refractivity contribution in [2.24, 2.45) is 0 Å². The van der Waals surface area contributed by atoms with E-state index in [1.807, 2.05) is 6.07 Å². The van der Waals surface area contributed by atoms with E-state index in [-0.39, 0.29) is 35.3 Å². The van der Waals surface area contributed by atoms with Gasteiger partial charge in [0.05, 0.1) is 24.0 Å². The van der Waals surface area contributed by atoms with Gasteiger partial charge < -0.3 is 10.0 Å². The van der Waals surface area contributed by atoms with E-state index in [1.54, 1.807) is 29.4 Å². The molecule has 2 aliphatic rings. The summed E-state index contributed by atoms with van der Waals surface area (Å²) in [4.78, 5) is 30.7. The highest BCUT2D eigenvalue weighted by molar-refractivity contribution is 5.77. The van der Waals surface area contributed by atoms with Crippen molar-refractivity contribution in [1.82, 2.24) is 19.0 Å². The Morgan fingerprint density at radius 2 is 2.28 bits per heavy atom. The monoisotopic (exact) mass is 339 g/mol. The Morgan fingerprint density at radius 1 is 1.52 bits per heavy atom. The van der Waals surface area contributed by atoms with Crippen LogP contribution in [0.25, 0.3) is 5.69 Å². The Morgan fingerprint density at radius 3 is 2.92 bits per heavy atom. The highest BCUT2D eigenvalue weighted by Gasteiger charge is 2.48. The maximum Gasteiger partial charge on any atom is 0.336 e. The number of carbonyl (C=O) groups excluding carboxylic acids is 1. The quantitative estimate of drug-likeness (QED) is 0.884. The number of aryl methyl sites for hydroxylation is 1. The number of rotatable bonds is 2. The van der Waals surface area contributed by atoms with E-state index in [0.717, 1.165) is 0 Å². The predicted octanol–water partition coefficient (Wildman–Crippen LogP) is 1.16. The number of nitriles is 1. The summed E-state index contributed by atoms with van der Waals surface area (Å²) >= 11 is 0. The van der Waals surface area contributed by atoms with Gasteiger partial charge >= 0.3 is 5.69 Å². The van der Waals surface area contributed by atoms with Crippen molar-refractivity contribution in [3.63, 3.8) is 0 Å². The lowest BCUT2D eigenvalue weighted by Crippen LogP contribution is -2.37. The predicted molar refractivity (Wildman–Crippen MR) is 87.3 cm³/mol. The molecule has 2 unspecified atom stereocenters. The minimum absolute atomic E-state index is 0.0224. The van der Waals surface area contributed by atoms with Gasteiger partial charge in [-0.25, -0.2) is 14.3 Å². The summed E-state index contributed by atoms with van der Waals surface area (Å²) in [7, 11) is 0. The van der Waals surface area contributed by atoms with Crippen LogP contribution in [0.2, 0.25) is 0 Å². The van der Waals surface area contributed by atoms with Crippen molar-refractivity contribution >= 4 is 5.91 Å². The van der Waals surface area contributed by atoms with Gasteiger partial charge in [-0.2, -0.15) is 5.26 Å². The number of hydrogen-bond acceptors (Lipinski definition) is 5. The van der Waals surface area contributed by atoms with Crippen LogP contribution >= 0.6 is 0 Å². The van der Waals surface area contributed by atoms with Crippen LogP contribution in [0.3, 0.4) is 0 Å². The molecule has 1 amide bonds. The molecule has 25 heavy (non-hydrogen) atoms. The molecule has 0 saturated carbocycles. The number of imidazole rings is 1. The Labute approximate surface area is 143 Å². The number of carbonyl (C=O) groups is 1. The maximum atomic E-state index is 12.9. The second-order valence-corrected chi connectivity index (χ2v) is 6.47. The second kappa shape index (κ2) is 5.21. The van der Waals surface area contributed by atoms with Crippen molar-refractivity contribution in [3.05, 3.63) is 39.7 Å². The molecule has 4 rings (SSSR count). The van der Waals surface area contributed by atoms with E-state index < -0.39 is 0 Å². The van der Waals surface area contributed by atoms with Crippen LogP contribution < -0.4 is 5.69 Å². The first-order valence-corrected chi connectivity index (χ1v) is 8.20.